The number of hydroxylamine groups is 1. The second-order valence-corrected chi connectivity index (χ2v) is 12.3. The summed E-state index contributed by atoms with van der Waals surface area (Å²) in [6.07, 6.45) is 3.96. The summed E-state index contributed by atoms with van der Waals surface area (Å²) in [6, 6.07) is -1.84. The SMILES string of the molecule is COCCOC(=O)N1[C@@H]2CC[C@H]1[C@H](C(=O)NOC1CCCCO1)N(S(=O)(=O)c1cc(F)c(Oc3cnn(C)c3)c(F)c1)C2. The normalized spacial score (nSPS) is 24.1. The maximum Gasteiger partial charge on any atom is 0.410 e. The molecular weight excluding hydrogens is 596 g/mol. The van der Waals surface area contributed by atoms with Crippen LogP contribution in [0.25, 0.3) is 0 Å². The Morgan fingerprint density at radius 2 is 1.91 bits per heavy atom. The van der Waals surface area contributed by atoms with E-state index in [2.05, 4.69) is 10.6 Å². The topological polar surface area (TPSA) is 151 Å². The average Bonchev–Trinajstić information content (AvgIpc) is 3.54. The molecule has 1 N–H and O–H groups in total. The Hall–Kier alpha value is -3.38. The number of sulfonamides is 1. The summed E-state index contributed by atoms with van der Waals surface area (Å²) in [7, 11) is -1.66. The first-order valence-electron chi connectivity index (χ1n) is 13.8. The van der Waals surface area contributed by atoms with E-state index < -0.39 is 68.7 Å². The number of benzene rings is 1. The number of methoxy groups -OCH3 is 1. The van der Waals surface area contributed by atoms with Gasteiger partial charge in [-0.1, -0.05) is 0 Å². The molecule has 3 saturated heterocycles. The summed E-state index contributed by atoms with van der Waals surface area (Å²) in [5, 5.41) is 3.86. The Morgan fingerprint density at radius 1 is 1.14 bits per heavy atom. The van der Waals surface area contributed by atoms with Crippen LogP contribution in [0.1, 0.15) is 32.1 Å². The number of hydrogen-bond acceptors (Lipinski definition) is 10. The number of fused-ring (bicyclic) bond motifs is 2. The molecule has 14 nitrogen and oxygen atoms in total. The molecule has 17 heteroatoms. The Bertz CT molecular complexity index is 1410. The van der Waals surface area contributed by atoms with E-state index in [1.54, 1.807) is 7.05 Å². The van der Waals surface area contributed by atoms with E-state index >= 15 is 8.78 Å². The van der Waals surface area contributed by atoms with Crippen molar-refractivity contribution in [1.82, 2.24) is 24.5 Å². The van der Waals surface area contributed by atoms with Gasteiger partial charge in [0.25, 0.3) is 5.91 Å². The van der Waals surface area contributed by atoms with Crippen molar-refractivity contribution in [3.05, 3.63) is 36.2 Å². The molecule has 1 unspecified atom stereocenters. The summed E-state index contributed by atoms with van der Waals surface area (Å²) in [5.74, 6) is -4.19. The number of piperazine rings is 1. The molecule has 1 aromatic carbocycles. The van der Waals surface area contributed by atoms with Crippen molar-refractivity contribution in [2.45, 2.75) is 61.4 Å². The standard InChI is InChI=1S/C26H33F2N5O9S/c1-31-15-17(13-29-31)41-24-19(27)11-18(12-20(24)28)43(36,37)32-14-16-6-7-21(33(16)26(35)40-10-9-38-2)23(32)25(34)30-42-22-5-3-4-8-39-22/h11-13,15-16,21-23H,3-10,14H2,1-2H3,(H,30,34)/t16-,21+,22?,23-/m1/s1. The second-order valence-electron chi connectivity index (χ2n) is 10.4. The lowest BCUT2D eigenvalue weighted by molar-refractivity contribution is -0.203. The van der Waals surface area contributed by atoms with Gasteiger partial charge in [0.2, 0.25) is 10.0 Å². The summed E-state index contributed by atoms with van der Waals surface area (Å²) < 4.78 is 81.2. The van der Waals surface area contributed by atoms with Crippen molar-refractivity contribution in [1.29, 1.82) is 0 Å². The molecule has 3 aliphatic rings. The van der Waals surface area contributed by atoms with Crippen LogP contribution in [0.3, 0.4) is 0 Å². The maximum absolute atomic E-state index is 15.1. The van der Waals surface area contributed by atoms with Gasteiger partial charge in [0.05, 0.1) is 29.9 Å². The zero-order valence-corrected chi connectivity index (χ0v) is 24.4. The van der Waals surface area contributed by atoms with E-state index in [1.165, 1.54) is 29.1 Å². The monoisotopic (exact) mass is 629 g/mol. The molecule has 3 fully saturated rings. The molecule has 0 spiro atoms. The lowest BCUT2D eigenvalue weighted by Gasteiger charge is -2.44. The molecule has 4 atom stereocenters. The maximum atomic E-state index is 15.1. The number of aryl methyl sites for hydroxylation is 1. The predicted octanol–water partition coefficient (Wildman–Crippen LogP) is 2.05. The highest BCUT2D eigenvalue weighted by Gasteiger charge is 2.55. The molecule has 0 radical (unpaired) electrons. The van der Waals surface area contributed by atoms with Crippen molar-refractivity contribution in [2.24, 2.45) is 7.05 Å². The molecule has 2 amide bonds. The Labute approximate surface area is 246 Å². The molecule has 2 bridgehead atoms. The Kier molecular flexibility index (Phi) is 9.45. The zero-order valence-electron chi connectivity index (χ0n) is 23.6. The first-order chi connectivity index (χ1) is 20.6. The minimum atomic E-state index is -4.69. The van der Waals surface area contributed by atoms with Crippen LogP contribution < -0.4 is 10.2 Å². The number of amides is 2. The number of nitrogens with one attached hydrogen (secondary N) is 1. The third-order valence-corrected chi connectivity index (χ3v) is 9.34. The van der Waals surface area contributed by atoms with E-state index in [4.69, 9.17) is 23.8 Å². The summed E-state index contributed by atoms with van der Waals surface area (Å²) in [4.78, 5) is 32.6. The number of carbonyl (C=O) groups is 2. The van der Waals surface area contributed by atoms with Crippen LogP contribution in [0.15, 0.2) is 29.4 Å². The first kappa shape index (κ1) is 31.1. The molecule has 4 heterocycles. The van der Waals surface area contributed by atoms with Gasteiger partial charge < -0.3 is 18.9 Å². The number of aromatic nitrogens is 2. The molecule has 3 aliphatic heterocycles. The lowest BCUT2D eigenvalue weighted by Crippen LogP contribution is -2.66. The van der Waals surface area contributed by atoms with Gasteiger partial charge >= 0.3 is 6.09 Å². The lowest BCUT2D eigenvalue weighted by atomic mass is 10.1. The fraction of sp³-hybridized carbons (Fsp3) is 0.577. The molecule has 5 rings (SSSR count). The molecule has 236 valence electrons. The number of carbonyl (C=O) groups excluding carboxylic acids is 2. The van der Waals surface area contributed by atoms with Crippen LogP contribution in [0.2, 0.25) is 0 Å². The third kappa shape index (κ3) is 6.59. The van der Waals surface area contributed by atoms with Crippen LogP contribution in [0, 0.1) is 11.6 Å². The number of ether oxygens (including phenoxy) is 4. The summed E-state index contributed by atoms with van der Waals surface area (Å²) in [6.45, 7) is 0.214. The van der Waals surface area contributed by atoms with Crippen molar-refractivity contribution < 1.29 is 50.6 Å². The van der Waals surface area contributed by atoms with E-state index in [1.807, 2.05) is 0 Å². The van der Waals surface area contributed by atoms with Crippen molar-refractivity contribution in [3.63, 3.8) is 0 Å². The average molecular weight is 630 g/mol. The second kappa shape index (κ2) is 13.1. The van der Waals surface area contributed by atoms with Gasteiger partial charge in [-0.3, -0.25) is 14.4 Å². The van der Waals surface area contributed by atoms with Gasteiger partial charge in [0.1, 0.15) is 12.6 Å². The van der Waals surface area contributed by atoms with Crippen LogP contribution in [0.5, 0.6) is 11.5 Å². The van der Waals surface area contributed by atoms with Gasteiger partial charge in [-0.2, -0.15) is 9.40 Å². The molecule has 43 heavy (non-hydrogen) atoms. The van der Waals surface area contributed by atoms with E-state index in [0.717, 1.165) is 17.1 Å². The number of hydrogen-bond donors (Lipinski definition) is 1. The van der Waals surface area contributed by atoms with Gasteiger partial charge in [0.15, 0.2) is 29.4 Å². The molecule has 2 aromatic rings. The van der Waals surface area contributed by atoms with Gasteiger partial charge in [-0.15, -0.1) is 0 Å². The Morgan fingerprint density at radius 3 is 2.56 bits per heavy atom. The highest BCUT2D eigenvalue weighted by molar-refractivity contribution is 7.89. The minimum Gasteiger partial charge on any atom is -0.448 e. The number of nitrogens with zero attached hydrogens (tertiary/aromatic N) is 4. The third-order valence-electron chi connectivity index (χ3n) is 7.51. The quantitative estimate of drug-likeness (QED) is 0.306. The first-order valence-corrected chi connectivity index (χ1v) is 15.2. The van der Waals surface area contributed by atoms with Gasteiger partial charge in [0, 0.05) is 39.8 Å². The van der Waals surface area contributed by atoms with Crippen LogP contribution in [-0.4, -0.2) is 97.3 Å². The zero-order chi connectivity index (χ0) is 30.7. The fourth-order valence-electron chi connectivity index (χ4n) is 5.52. The van der Waals surface area contributed by atoms with Gasteiger partial charge in [-0.25, -0.2) is 32.3 Å². The van der Waals surface area contributed by atoms with Crippen molar-refractivity contribution in [3.8, 4) is 11.5 Å². The van der Waals surface area contributed by atoms with Crippen LogP contribution >= 0.6 is 0 Å². The molecular formula is C26H33F2N5O9S. The Balaban J connectivity index is 1.43. The molecule has 0 saturated carbocycles. The molecule has 1 aromatic heterocycles. The van der Waals surface area contributed by atoms with E-state index in [-0.39, 0.29) is 31.9 Å². The summed E-state index contributed by atoms with van der Waals surface area (Å²) in [5.41, 5.74) is 2.29. The minimum absolute atomic E-state index is 0.0414. The fourth-order valence-corrected chi connectivity index (χ4v) is 7.19. The highest BCUT2D eigenvalue weighted by atomic mass is 32.2. The van der Waals surface area contributed by atoms with E-state index in [9.17, 15) is 18.0 Å². The smallest absolute Gasteiger partial charge is 0.410 e. The van der Waals surface area contributed by atoms with Crippen molar-refractivity contribution >= 4 is 22.0 Å². The van der Waals surface area contributed by atoms with E-state index in [0.29, 0.717) is 31.6 Å². The van der Waals surface area contributed by atoms with Gasteiger partial charge in [-0.05, 0) is 37.8 Å². The highest BCUT2D eigenvalue weighted by Crippen LogP contribution is 2.39. The predicted molar refractivity (Wildman–Crippen MR) is 142 cm³/mol. The van der Waals surface area contributed by atoms with Crippen molar-refractivity contribution in [2.75, 3.05) is 33.5 Å². The number of halogens is 2. The largest absolute Gasteiger partial charge is 0.448 e. The molecule has 0 aliphatic carbocycles. The van der Waals surface area contributed by atoms with Crippen LogP contribution in [0.4, 0.5) is 13.6 Å². The summed E-state index contributed by atoms with van der Waals surface area (Å²) >= 11 is 0. The van der Waals surface area contributed by atoms with Crippen LogP contribution in [-0.2, 0) is 40.9 Å². The number of rotatable bonds is 10.